The van der Waals surface area contributed by atoms with Crippen molar-refractivity contribution < 1.29 is 9.13 Å². The van der Waals surface area contributed by atoms with Gasteiger partial charge in [0.05, 0.1) is 0 Å². The second-order valence-corrected chi connectivity index (χ2v) is 5.15. The van der Waals surface area contributed by atoms with Crippen LogP contribution in [0.3, 0.4) is 0 Å². The van der Waals surface area contributed by atoms with Crippen LogP contribution in [0.1, 0.15) is 37.3 Å². The first-order chi connectivity index (χ1) is 9.63. The quantitative estimate of drug-likeness (QED) is 0.626. The van der Waals surface area contributed by atoms with E-state index in [-0.39, 0.29) is 11.7 Å². The van der Waals surface area contributed by atoms with Gasteiger partial charge in [0, 0.05) is 11.9 Å². The van der Waals surface area contributed by atoms with Crippen LogP contribution >= 0.6 is 11.6 Å². The molecular weight excluding hydrogens is 275 g/mol. The highest BCUT2D eigenvalue weighted by Crippen LogP contribution is 2.32. The Morgan fingerprint density at radius 3 is 2.65 bits per heavy atom. The number of hydrogen-bond donors (Lipinski definition) is 0. The molecule has 0 radical (unpaired) electrons. The fourth-order valence-corrected chi connectivity index (χ4v) is 2.24. The third-order valence-corrected chi connectivity index (χ3v) is 3.68. The van der Waals surface area contributed by atoms with Gasteiger partial charge in [-0.15, -0.1) is 11.6 Å². The molecule has 0 amide bonds. The van der Waals surface area contributed by atoms with Crippen molar-refractivity contribution in [2.45, 2.75) is 32.1 Å². The molecule has 1 unspecified atom stereocenters. The normalized spacial score (nSPS) is 12.2. The molecule has 0 saturated heterocycles. The smallest absolute Gasteiger partial charge is 0.130 e. The summed E-state index contributed by atoms with van der Waals surface area (Å²) >= 11 is 5.76. The number of rotatable bonds is 5. The minimum absolute atomic E-state index is 0.265. The lowest BCUT2D eigenvalue weighted by molar-refractivity contribution is 0.464. The lowest BCUT2D eigenvalue weighted by Gasteiger charge is -2.15. The standard InChI is InChI=1S/C17H18ClFO/c1-3-12(2)16-6-4-5-7-17(16)20-15-9-13(11-18)8-14(19)10-15/h4-10,12H,3,11H2,1-2H3. The number of halogens is 2. The van der Waals surface area contributed by atoms with E-state index in [0.29, 0.717) is 17.2 Å². The molecule has 1 nitrogen and oxygen atoms in total. The monoisotopic (exact) mass is 292 g/mol. The molecule has 20 heavy (non-hydrogen) atoms. The fraction of sp³-hybridized carbons (Fsp3) is 0.294. The zero-order valence-corrected chi connectivity index (χ0v) is 12.5. The molecule has 0 aromatic heterocycles. The van der Waals surface area contributed by atoms with Crippen molar-refractivity contribution in [3.05, 3.63) is 59.4 Å². The zero-order chi connectivity index (χ0) is 14.5. The average Bonchev–Trinajstić information content (AvgIpc) is 2.46. The summed E-state index contributed by atoms with van der Waals surface area (Å²) in [6, 6.07) is 12.4. The van der Waals surface area contributed by atoms with Gasteiger partial charge in [0.15, 0.2) is 0 Å². The molecule has 0 aliphatic rings. The number of ether oxygens (including phenoxy) is 1. The summed E-state index contributed by atoms with van der Waals surface area (Å²) in [7, 11) is 0. The molecule has 0 N–H and O–H groups in total. The molecule has 2 aromatic carbocycles. The van der Waals surface area contributed by atoms with E-state index in [1.165, 1.54) is 12.1 Å². The summed E-state index contributed by atoms with van der Waals surface area (Å²) in [5, 5.41) is 0. The van der Waals surface area contributed by atoms with Crippen molar-refractivity contribution >= 4 is 11.6 Å². The van der Waals surface area contributed by atoms with Gasteiger partial charge in [0.1, 0.15) is 17.3 Å². The first-order valence-electron chi connectivity index (χ1n) is 6.76. The third kappa shape index (κ3) is 3.51. The molecule has 2 aromatic rings. The largest absolute Gasteiger partial charge is 0.457 e. The van der Waals surface area contributed by atoms with Crippen LogP contribution in [-0.2, 0) is 5.88 Å². The van der Waals surface area contributed by atoms with Crippen LogP contribution in [0.5, 0.6) is 11.5 Å². The molecular formula is C17H18ClFO. The number of alkyl halides is 1. The number of hydrogen-bond acceptors (Lipinski definition) is 1. The van der Waals surface area contributed by atoms with E-state index >= 15 is 0 Å². The second-order valence-electron chi connectivity index (χ2n) is 4.88. The van der Waals surface area contributed by atoms with Crippen molar-refractivity contribution in [3.8, 4) is 11.5 Å². The first kappa shape index (κ1) is 14.9. The van der Waals surface area contributed by atoms with Gasteiger partial charge in [-0.3, -0.25) is 0 Å². The summed E-state index contributed by atoms with van der Waals surface area (Å²) in [5.74, 6) is 1.58. The highest BCUT2D eigenvalue weighted by molar-refractivity contribution is 6.17. The zero-order valence-electron chi connectivity index (χ0n) is 11.7. The summed E-state index contributed by atoms with van der Waals surface area (Å²) in [6.07, 6.45) is 1.02. The second kappa shape index (κ2) is 6.76. The van der Waals surface area contributed by atoms with Crippen LogP contribution < -0.4 is 4.74 Å². The minimum atomic E-state index is -0.334. The lowest BCUT2D eigenvalue weighted by Crippen LogP contribution is -1.96. The maximum Gasteiger partial charge on any atom is 0.130 e. The van der Waals surface area contributed by atoms with Gasteiger partial charge in [-0.2, -0.15) is 0 Å². The molecule has 0 bridgehead atoms. The third-order valence-electron chi connectivity index (χ3n) is 3.38. The van der Waals surface area contributed by atoms with Crippen LogP contribution in [0.2, 0.25) is 0 Å². The van der Waals surface area contributed by atoms with Gasteiger partial charge >= 0.3 is 0 Å². The average molecular weight is 293 g/mol. The van der Waals surface area contributed by atoms with Gasteiger partial charge in [-0.25, -0.2) is 4.39 Å². The Hall–Kier alpha value is -1.54. The van der Waals surface area contributed by atoms with E-state index in [9.17, 15) is 4.39 Å². The molecule has 3 heteroatoms. The van der Waals surface area contributed by atoms with E-state index < -0.39 is 0 Å². The summed E-state index contributed by atoms with van der Waals surface area (Å²) in [6.45, 7) is 4.28. The van der Waals surface area contributed by atoms with Gasteiger partial charge in [0.25, 0.3) is 0 Å². The predicted octanol–water partition coefficient (Wildman–Crippen LogP) is 5.87. The Balaban J connectivity index is 2.32. The molecule has 1 atom stereocenters. The summed E-state index contributed by atoms with van der Waals surface area (Å²) in [5.41, 5.74) is 1.84. The highest BCUT2D eigenvalue weighted by atomic mass is 35.5. The lowest BCUT2D eigenvalue weighted by atomic mass is 9.98. The Morgan fingerprint density at radius 1 is 1.20 bits per heavy atom. The Morgan fingerprint density at radius 2 is 1.95 bits per heavy atom. The van der Waals surface area contributed by atoms with Crippen LogP contribution in [0.25, 0.3) is 0 Å². The van der Waals surface area contributed by atoms with Crippen LogP contribution in [0.4, 0.5) is 4.39 Å². The predicted molar refractivity (Wildman–Crippen MR) is 81.2 cm³/mol. The van der Waals surface area contributed by atoms with Crippen molar-refractivity contribution in [1.82, 2.24) is 0 Å². The molecule has 0 heterocycles. The van der Waals surface area contributed by atoms with E-state index in [4.69, 9.17) is 16.3 Å². The molecule has 106 valence electrons. The summed E-state index contributed by atoms with van der Waals surface area (Å²) in [4.78, 5) is 0. The number of para-hydroxylation sites is 1. The summed E-state index contributed by atoms with van der Waals surface area (Å²) < 4.78 is 19.4. The Kier molecular flexibility index (Phi) is 5.02. The maximum absolute atomic E-state index is 13.5. The van der Waals surface area contributed by atoms with Crippen LogP contribution in [0, 0.1) is 5.82 Å². The first-order valence-corrected chi connectivity index (χ1v) is 7.29. The molecule has 0 aliphatic carbocycles. The van der Waals surface area contributed by atoms with Gasteiger partial charge in [-0.05, 0) is 41.7 Å². The Bertz CT molecular complexity index is 583. The Labute approximate surface area is 124 Å². The molecule has 0 saturated carbocycles. The van der Waals surface area contributed by atoms with Crippen molar-refractivity contribution in [2.24, 2.45) is 0 Å². The van der Waals surface area contributed by atoms with E-state index in [0.717, 1.165) is 17.7 Å². The topological polar surface area (TPSA) is 9.23 Å². The van der Waals surface area contributed by atoms with E-state index in [1.807, 2.05) is 24.3 Å². The van der Waals surface area contributed by atoms with Crippen molar-refractivity contribution in [1.29, 1.82) is 0 Å². The molecule has 0 aliphatic heterocycles. The fourth-order valence-electron chi connectivity index (χ4n) is 2.08. The molecule has 0 fully saturated rings. The van der Waals surface area contributed by atoms with Crippen LogP contribution in [0.15, 0.2) is 42.5 Å². The van der Waals surface area contributed by atoms with Crippen molar-refractivity contribution in [3.63, 3.8) is 0 Å². The van der Waals surface area contributed by atoms with Gasteiger partial charge in [0.2, 0.25) is 0 Å². The maximum atomic E-state index is 13.5. The van der Waals surface area contributed by atoms with Gasteiger partial charge in [-0.1, -0.05) is 32.0 Å². The van der Waals surface area contributed by atoms with Crippen molar-refractivity contribution in [2.75, 3.05) is 0 Å². The number of benzene rings is 2. The SMILES string of the molecule is CCC(C)c1ccccc1Oc1cc(F)cc(CCl)c1. The minimum Gasteiger partial charge on any atom is -0.457 e. The van der Waals surface area contributed by atoms with E-state index in [1.54, 1.807) is 6.07 Å². The highest BCUT2D eigenvalue weighted by Gasteiger charge is 2.11. The molecule has 0 spiro atoms. The van der Waals surface area contributed by atoms with Crippen LogP contribution in [-0.4, -0.2) is 0 Å². The van der Waals surface area contributed by atoms with E-state index in [2.05, 4.69) is 13.8 Å². The molecule has 2 rings (SSSR count). The van der Waals surface area contributed by atoms with Gasteiger partial charge < -0.3 is 4.74 Å².